The van der Waals surface area contributed by atoms with Gasteiger partial charge in [0.25, 0.3) is 0 Å². The molecule has 1 amide bonds. The summed E-state index contributed by atoms with van der Waals surface area (Å²) in [6, 6.07) is -0.0179. The second-order valence-electron chi connectivity index (χ2n) is 5.31. The highest BCUT2D eigenvalue weighted by Crippen LogP contribution is 2.17. The summed E-state index contributed by atoms with van der Waals surface area (Å²) >= 11 is 0. The largest absolute Gasteiger partial charge is 0.342 e. The Kier molecular flexibility index (Phi) is 4.81. The molecule has 2 heterocycles. The molecule has 110 valence electrons. The molecule has 2 aliphatic rings. The summed E-state index contributed by atoms with van der Waals surface area (Å²) in [7, 11) is -3.14. The van der Waals surface area contributed by atoms with Gasteiger partial charge in [0, 0.05) is 25.7 Å². The van der Waals surface area contributed by atoms with E-state index in [0.29, 0.717) is 25.9 Å². The van der Waals surface area contributed by atoms with Crippen LogP contribution in [0.4, 0.5) is 0 Å². The van der Waals surface area contributed by atoms with Crippen LogP contribution in [0, 0.1) is 5.92 Å². The van der Waals surface area contributed by atoms with Gasteiger partial charge in [-0.05, 0) is 32.7 Å². The van der Waals surface area contributed by atoms with E-state index < -0.39 is 10.0 Å². The van der Waals surface area contributed by atoms with Gasteiger partial charge in [-0.25, -0.2) is 13.1 Å². The Hall–Kier alpha value is -0.660. The number of sulfonamides is 1. The van der Waals surface area contributed by atoms with Crippen LogP contribution in [0.25, 0.3) is 0 Å². The molecule has 0 aromatic rings. The van der Waals surface area contributed by atoms with Crippen LogP contribution in [0.2, 0.25) is 0 Å². The number of nitrogens with one attached hydrogen (secondary N) is 2. The molecule has 0 radical (unpaired) electrons. The van der Waals surface area contributed by atoms with E-state index in [0.717, 1.165) is 19.5 Å². The molecule has 2 N–H and O–H groups in total. The number of nitrogens with zero attached hydrogens (tertiary/aromatic N) is 1. The van der Waals surface area contributed by atoms with E-state index in [1.54, 1.807) is 6.92 Å². The maximum Gasteiger partial charge on any atom is 0.227 e. The van der Waals surface area contributed by atoms with E-state index in [1.807, 2.05) is 4.90 Å². The number of likely N-dealkylation sites (tertiary alicyclic amines) is 1. The van der Waals surface area contributed by atoms with Gasteiger partial charge in [0.1, 0.15) is 0 Å². The lowest BCUT2D eigenvalue weighted by Crippen LogP contribution is -2.48. The second kappa shape index (κ2) is 6.19. The van der Waals surface area contributed by atoms with Crippen molar-refractivity contribution in [3.8, 4) is 0 Å². The van der Waals surface area contributed by atoms with Crippen molar-refractivity contribution in [1.82, 2.24) is 14.9 Å². The smallest absolute Gasteiger partial charge is 0.227 e. The van der Waals surface area contributed by atoms with Crippen LogP contribution in [0.5, 0.6) is 0 Å². The van der Waals surface area contributed by atoms with Crippen molar-refractivity contribution in [2.24, 2.45) is 5.92 Å². The molecule has 2 aliphatic heterocycles. The zero-order valence-electron chi connectivity index (χ0n) is 11.4. The fourth-order valence-electron chi connectivity index (χ4n) is 2.68. The zero-order chi connectivity index (χ0) is 13.9. The van der Waals surface area contributed by atoms with Crippen LogP contribution < -0.4 is 10.0 Å². The van der Waals surface area contributed by atoms with Gasteiger partial charge in [0.05, 0.1) is 11.7 Å². The molecule has 0 spiro atoms. The monoisotopic (exact) mass is 289 g/mol. The van der Waals surface area contributed by atoms with E-state index in [2.05, 4.69) is 10.0 Å². The Morgan fingerprint density at radius 3 is 2.53 bits per heavy atom. The zero-order valence-corrected chi connectivity index (χ0v) is 12.2. The summed E-state index contributed by atoms with van der Waals surface area (Å²) < 4.78 is 25.7. The van der Waals surface area contributed by atoms with Crippen LogP contribution in [-0.2, 0) is 14.8 Å². The van der Waals surface area contributed by atoms with E-state index >= 15 is 0 Å². The maximum absolute atomic E-state index is 12.2. The van der Waals surface area contributed by atoms with Crippen LogP contribution in [0.1, 0.15) is 26.2 Å². The summed E-state index contributed by atoms with van der Waals surface area (Å²) in [6.07, 6.45) is 2.34. The minimum Gasteiger partial charge on any atom is -0.342 e. The van der Waals surface area contributed by atoms with Gasteiger partial charge in [0.15, 0.2) is 0 Å². The topological polar surface area (TPSA) is 78.5 Å². The molecular formula is C12H23N3O3S. The normalized spacial score (nSPS) is 25.7. The van der Waals surface area contributed by atoms with E-state index in [9.17, 15) is 13.2 Å². The van der Waals surface area contributed by atoms with Crippen molar-refractivity contribution in [2.45, 2.75) is 32.2 Å². The third-order valence-electron chi connectivity index (χ3n) is 3.94. The van der Waals surface area contributed by atoms with E-state index in [4.69, 9.17) is 0 Å². The lowest BCUT2D eigenvalue weighted by atomic mass is 10.0. The van der Waals surface area contributed by atoms with Gasteiger partial charge in [-0.1, -0.05) is 0 Å². The maximum atomic E-state index is 12.2. The highest BCUT2D eigenvalue weighted by Gasteiger charge is 2.30. The van der Waals surface area contributed by atoms with Gasteiger partial charge in [-0.2, -0.15) is 0 Å². The summed E-state index contributed by atoms with van der Waals surface area (Å²) in [4.78, 5) is 14.1. The first-order valence-electron chi connectivity index (χ1n) is 7.01. The molecular weight excluding hydrogens is 266 g/mol. The SMILES string of the molecule is CCS(=O)(=O)NC1CCN(C(=O)C2CCNC2)CC1. The minimum absolute atomic E-state index is 0.0179. The van der Waals surface area contributed by atoms with Crippen LogP contribution >= 0.6 is 0 Å². The number of carbonyl (C=O) groups excluding carboxylic acids is 1. The Labute approximate surface area is 115 Å². The molecule has 0 bridgehead atoms. The van der Waals surface area contributed by atoms with Gasteiger partial charge < -0.3 is 10.2 Å². The minimum atomic E-state index is -3.14. The lowest BCUT2D eigenvalue weighted by molar-refractivity contribution is -0.135. The molecule has 0 aliphatic carbocycles. The Bertz CT molecular complexity index is 410. The van der Waals surface area contributed by atoms with Crippen LogP contribution in [0.15, 0.2) is 0 Å². The fourth-order valence-corrected chi connectivity index (χ4v) is 3.59. The molecule has 2 rings (SSSR count). The number of hydrogen-bond donors (Lipinski definition) is 2. The van der Waals surface area contributed by atoms with Crippen LogP contribution in [0.3, 0.4) is 0 Å². The Morgan fingerprint density at radius 1 is 1.32 bits per heavy atom. The first-order chi connectivity index (χ1) is 9.02. The van der Waals surface area contributed by atoms with Crippen molar-refractivity contribution >= 4 is 15.9 Å². The Morgan fingerprint density at radius 2 is 2.00 bits per heavy atom. The standard InChI is InChI=1S/C12H23N3O3S/c1-2-19(17,18)14-11-4-7-15(8-5-11)12(16)10-3-6-13-9-10/h10-11,13-14H,2-9H2,1H3. The predicted molar refractivity (Wildman–Crippen MR) is 73.2 cm³/mol. The van der Waals surface area contributed by atoms with Crippen molar-refractivity contribution < 1.29 is 13.2 Å². The molecule has 6 nitrogen and oxygen atoms in total. The summed E-state index contributed by atoms with van der Waals surface area (Å²) in [5.74, 6) is 0.450. The fraction of sp³-hybridized carbons (Fsp3) is 0.917. The van der Waals surface area contributed by atoms with Gasteiger partial charge in [-0.15, -0.1) is 0 Å². The third kappa shape index (κ3) is 3.90. The average Bonchev–Trinajstić information content (AvgIpc) is 2.92. The number of piperidine rings is 1. The molecule has 2 fully saturated rings. The average molecular weight is 289 g/mol. The third-order valence-corrected chi connectivity index (χ3v) is 5.39. The number of carbonyl (C=O) groups is 1. The first kappa shape index (κ1) is 14.7. The van der Waals surface area contributed by atoms with Crippen molar-refractivity contribution in [3.63, 3.8) is 0 Å². The highest BCUT2D eigenvalue weighted by molar-refractivity contribution is 7.89. The van der Waals surface area contributed by atoms with Crippen molar-refractivity contribution in [1.29, 1.82) is 0 Å². The quantitative estimate of drug-likeness (QED) is 0.733. The molecule has 0 aromatic heterocycles. The lowest BCUT2D eigenvalue weighted by Gasteiger charge is -2.33. The number of hydrogen-bond acceptors (Lipinski definition) is 4. The van der Waals surface area contributed by atoms with Gasteiger partial charge >= 0.3 is 0 Å². The molecule has 0 saturated carbocycles. The first-order valence-corrected chi connectivity index (χ1v) is 8.66. The summed E-state index contributed by atoms with van der Waals surface area (Å²) in [5, 5.41) is 3.20. The summed E-state index contributed by atoms with van der Waals surface area (Å²) in [6.45, 7) is 4.65. The summed E-state index contributed by atoms with van der Waals surface area (Å²) in [5.41, 5.74) is 0. The second-order valence-corrected chi connectivity index (χ2v) is 7.35. The number of amides is 1. The van der Waals surface area contributed by atoms with Crippen LogP contribution in [-0.4, -0.2) is 57.2 Å². The molecule has 1 atom stereocenters. The van der Waals surface area contributed by atoms with Crippen molar-refractivity contribution in [3.05, 3.63) is 0 Å². The Balaban J connectivity index is 1.80. The molecule has 2 saturated heterocycles. The predicted octanol–water partition coefficient (Wildman–Crippen LogP) is -0.474. The number of rotatable bonds is 4. The van der Waals surface area contributed by atoms with E-state index in [-0.39, 0.29) is 23.6 Å². The molecule has 0 aromatic carbocycles. The molecule has 19 heavy (non-hydrogen) atoms. The highest BCUT2D eigenvalue weighted by atomic mass is 32.2. The van der Waals surface area contributed by atoms with Gasteiger partial charge in [0.2, 0.25) is 15.9 Å². The molecule has 1 unspecified atom stereocenters. The van der Waals surface area contributed by atoms with Crippen molar-refractivity contribution in [2.75, 3.05) is 31.9 Å². The van der Waals surface area contributed by atoms with E-state index in [1.165, 1.54) is 0 Å². The molecule has 7 heteroatoms. The van der Waals surface area contributed by atoms with Gasteiger partial charge in [-0.3, -0.25) is 4.79 Å².